The smallest absolute Gasteiger partial charge is 0.321 e. The molecule has 0 bridgehead atoms. The molecule has 0 spiro atoms. The van der Waals surface area contributed by atoms with E-state index >= 15 is 0 Å². The number of aliphatic carboxylic acids is 1. The summed E-state index contributed by atoms with van der Waals surface area (Å²) in [5.74, 6) is -3.52. The van der Waals surface area contributed by atoms with Gasteiger partial charge in [0.15, 0.2) is 0 Å². The molecule has 172 valence electrons. The number of likely N-dealkylation sites (tertiary alicyclic amines) is 1. The molecule has 7 nitrogen and oxygen atoms in total. The summed E-state index contributed by atoms with van der Waals surface area (Å²) < 4.78 is 0. The number of carbonyl (C=O) groups excluding carboxylic acids is 2. The van der Waals surface area contributed by atoms with Crippen LogP contribution in [-0.2, 0) is 14.4 Å². The molecule has 0 saturated carbocycles. The van der Waals surface area contributed by atoms with Crippen LogP contribution in [0.2, 0.25) is 0 Å². The number of para-hydroxylation sites is 1. The van der Waals surface area contributed by atoms with Gasteiger partial charge in [-0.05, 0) is 28.8 Å². The lowest BCUT2D eigenvalue weighted by Gasteiger charge is -2.22. The zero-order valence-electron chi connectivity index (χ0n) is 18.4. The molecule has 5 rings (SSSR count). The Bertz CT molecular complexity index is 1200. The molecule has 4 atom stereocenters. The third-order valence-corrected chi connectivity index (χ3v) is 6.65. The summed E-state index contributed by atoms with van der Waals surface area (Å²) in [5, 5.41) is 16.0. The van der Waals surface area contributed by atoms with Crippen LogP contribution in [-0.4, -0.2) is 46.9 Å². The lowest BCUT2D eigenvalue weighted by atomic mass is 9.86. The average Bonchev–Trinajstić information content (AvgIpc) is 3.38. The molecule has 2 heterocycles. The van der Waals surface area contributed by atoms with E-state index in [1.54, 1.807) is 0 Å². The maximum atomic E-state index is 13.3. The van der Waals surface area contributed by atoms with Crippen LogP contribution in [0.4, 0.5) is 5.69 Å². The van der Waals surface area contributed by atoms with Crippen molar-refractivity contribution in [2.75, 3.05) is 18.4 Å². The van der Waals surface area contributed by atoms with E-state index in [-0.39, 0.29) is 12.5 Å². The Morgan fingerprint density at radius 2 is 1.41 bits per heavy atom. The number of rotatable bonds is 7. The van der Waals surface area contributed by atoms with Gasteiger partial charge in [-0.3, -0.25) is 24.6 Å². The van der Waals surface area contributed by atoms with Crippen molar-refractivity contribution in [2.24, 2.45) is 11.8 Å². The van der Waals surface area contributed by atoms with E-state index in [0.717, 1.165) is 22.4 Å². The Labute approximate surface area is 197 Å². The summed E-state index contributed by atoms with van der Waals surface area (Å²) in [4.78, 5) is 39.6. The normalized spacial score (nSPS) is 23.7. The number of nitrogens with one attached hydrogen (secondary N) is 2. The zero-order valence-corrected chi connectivity index (χ0v) is 18.4. The molecule has 4 unspecified atom stereocenters. The van der Waals surface area contributed by atoms with Crippen LogP contribution >= 0.6 is 0 Å². The Morgan fingerprint density at radius 1 is 0.824 bits per heavy atom. The summed E-state index contributed by atoms with van der Waals surface area (Å²) in [6.45, 7) is 0.577. The molecule has 2 fully saturated rings. The predicted octanol–water partition coefficient (Wildman–Crippen LogP) is 3.16. The number of amides is 2. The lowest BCUT2D eigenvalue weighted by molar-refractivity contribution is -0.146. The van der Waals surface area contributed by atoms with E-state index in [0.29, 0.717) is 6.54 Å². The molecule has 2 aliphatic heterocycles. The molecule has 0 aromatic heterocycles. The summed E-state index contributed by atoms with van der Waals surface area (Å²) >= 11 is 0. The number of nitrogens with zero attached hydrogens (tertiary/aromatic N) is 1. The fourth-order valence-corrected chi connectivity index (χ4v) is 5.01. The monoisotopic (exact) mass is 455 g/mol. The summed E-state index contributed by atoms with van der Waals surface area (Å²) in [6, 6.07) is 25.5. The molecule has 2 saturated heterocycles. The fourth-order valence-electron chi connectivity index (χ4n) is 5.01. The van der Waals surface area contributed by atoms with Gasteiger partial charge in [-0.1, -0.05) is 72.8 Å². The minimum atomic E-state index is -1.12. The van der Waals surface area contributed by atoms with Gasteiger partial charge < -0.3 is 10.4 Å². The number of hydrogen-bond acceptors (Lipinski definition) is 5. The van der Waals surface area contributed by atoms with Crippen LogP contribution in [0.3, 0.4) is 0 Å². The molecule has 0 radical (unpaired) electrons. The Hall–Kier alpha value is -3.97. The van der Waals surface area contributed by atoms with E-state index < -0.39 is 35.8 Å². The highest BCUT2D eigenvalue weighted by Crippen LogP contribution is 2.44. The average molecular weight is 456 g/mol. The molecule has 34 heavy (non-hydrogen) atoms. The lowest BCUT2D eigenvalue weighted by Crippen LogP contribution is -2.44. The van der Waals surface area contributed by atoms with Crippen LogP contribution in [0.1, 0.15) is 11.6 Å². The van der Waals surface area contributed by atoms with Gasteiger partial charge in [-0.25, -0.2) is 0 Å². The number of carboxylic acid groups (broad SMARTS) is 1. The largest absolute Gasteiger partial charge is 0.480 e. The molecule has 3 aromatic carbocycles. The van der Waals surface area contributed by atoms with Crippen LogP contribution in [0.25, 0.3) is 11.1 Å². The second kappa shape index (κ2) is 9.11. The first-order valence-corrected chi connectivity index (χ1v) is 11.3. The minimum absolute atomic E-state index is 0.186. The first kappa shape index (κ1) is 21.9. The third kappa shape index (κ3) is 3.95. The van der Waals surface area contributed by atoms with Gasteiger partial charge in [0.2, 0.25) is 11.8 Å². The van der Waals surface area contributed by atoms with E-state index in [4.69, 9.17) is 0 Å². The van der Waals surface area contributed by atoms with Gasteiger partial charge in [0.1, 0.15) is 6.04 Å². The van der Waals surface area contributed by atoms with Crippen LogP contribution in [0.15, 0.2) is 84.9 Å². The van der Waals surface area contributed by atoms with Crippen molar-refractivity contribution >= 4 is 23.5 Å². The molecule has 7 heteroatoms. The molecule has 0 aliphatic carbocycles. The van der Waals surface area contributed by atoms with E-state index in [1.807, 2.05) is 84.9 Å². The standard InChI is InChI=1S/C27H25N3O4/c31-25-21-22(26(32)30(25)16-15-28-20-9-5-2-6-10-20)24(27(33)34)29-23(21)19-13-11-18(12-14-19)17-7-3-1-4-8-17/h1-14,21-24,28-29H,15-16H2,(H,33,34). The predicted molar refractivity (Wildman–Crippen MR) is 128 cm³/mol. The van der Waals surface area contributed by atoms with Crippen LogP contribution < -0.4 is 10.6 Å². The van der Waals surface area contributed by atoms with Crippen molar-refractivity contribution < 1.29 is 19.5 Å². The Balaban J connectivity index is 1.36. The SMILES string of the molecule is O=C(O)C1NC(c2ccc(-c3ccccc3)cc2)C2C(=O)N(CCNc3ccccc3)C(=O)C12. The van der Waals surface area contributed by atoms with Crippen molar-refractivity contribution in [3.05, 3.63) is 90.5 Å². The minimum Gasteiger partial charge on any atom is -0.480 e. The number of imide groups is 1. The highest BCUT2D eigenvalue weighted by molar-refractivity contribution is 6.08. The number of anilines is 1. The topological polar surface area (TPSA) is 98.7 Å². The van der Waals surface area contributed by atoms with Gasteiger partial charge >= 0.3 is 5.97 Å². The first-order chi connectivity index (χ1) is 16.5. The zero-order chi connectivity index (χ0) is 23.7. The van der Waals surface area contributed by atoms with Crippen molar-refractivity contribution in [3.8, 4) is 11.1 Å². The highest BCUT2D eigenvalue weighted by Gasteiger charge is 2.60. The second-order valence-electron chi connectivity index (χ2n) is 8.62. The fraction of sp³-hybridized carbons (Fsp3) is 0.222. The molecule has 3 N–H and O–H groups in total. The Kier molecular flexibility index (Phi) is 5.86. The third-order valence-electron chi connectivity index (χ3n) is 6.65. The van der Waals surface area contributed by atoms with Crippen molar-refractivity contribution in [2.45, 2.75) is 12.1 Å². The second-order valence-corrected chi connectivity index (χ2v) is 8.62. The van der Waals surface area contributed by atoms with Gasteiger partial charge in [0.05, 0.1) is 11.8 Å². The Morgan fingerprint density at radius 3 is 2.06 bits per heavy atom. The van der Waals surface area contributed by atoms with Gasteiger partial charge in [0.25, 0.3) is 0 Å². The summed E-state index contributed by atoms with van der Waals surface area (Å²) in [7, 11) is 0. The van der Waals surface area contributed by atoms with Crippen LogP contribution in [0.5, 0.6) is 0 Å². The summed E-state index contributed by atoms with van der Waals surface area (Å²) in [5.41, 5.74) is 3.78. The van der Waals surface area contributed by atoms with Crippen LogP contribution in [0, 0.1) is 11.8 Å². The van der Waals surface area contributed by atoms with Gasteiger partial charge in [-0.2, -0.15) is 0 Å². The first-order valence-electron chi connectivity index (χ1n) is 11.3. The van der Waals surface area contributed by atoms with Crippen molar-refractivity contribution in [1.82, 2.24) is 10.2 Å². The maximum Gasteiger partial charge on any atom is 0.321 e. The van der Waals surface area contributed by atoms with E-state index in [2.05, 4.69) is 10.6 Å². The number of fused-ring (bicyclic) bond motifs is 1. The van der Waals surface area contributed by atoms with Gasteiger partial charge in [0, 0.05) is 24.8 Å². The quantitative estimate of drug-likeness (QED) is 0.474. The molecular weight excluding hydrogens is 430 g/mol. The number of hydrogen-bond donors (Lipinski definition) is 3. The van der Waals surface area contributed by atoms with Crippen molar-refractivity contribution in [3.63, 3.8) is 0 Å². The maximum absolute atomic E-state index is 13.3. The van der Waals surface area contributed by atoms with E-state index in [9.17, 15) is 19.5 Å². The number of carboxylic acids is 1. The number of carbonyl (C=O) groups is 3. The van der Waals surface area contributed by atoms with E-state index in [1.165, 1.54) is 4.90 Å². The van der Waals surface area contributed by atoms with Crippen molar-refractivity contribution in [1.29, 1.82) is 0 Å². The molecule has 2 amide bonds. The van der Waals surface area contributed by atoms with Gasteiger partial charge in [-0.15, -0.1) is 0 Å². The summed E-state index contributed by atoms with van der Waals surface area (Å²) in [6.07, 6.45) is 0. The molecular formula is C27H25N3O4. The highest BCUT2D eigenvalue weighted by atomic mass is 16.4. The molecule has 3 aromatic rings. The number of benzene rings is 3. The molecule has 2 aliphatic rings.